The van der Waals surface area contributed by atoms with E-state index in [9.17, 15) is 18.0 Å². The third kappa shape index (κ3) is 8.55. The molecule has 0 aromatic heterocycles. The van der Waals surface area contributed by atoms with Crippen molar-refractivity contribution in [2.45, 2.75) is 59.5 Å². The molecule has 0 saturated heterocycles. The normalized spacial score (nSPS) is 12.0. The van der Waals surface area contributed by atoms with Crippen LogP contribution >= 0.6 is 0 Å². The quantitative estimate of drug-likeness (QED) is 0.384. The van der Waals surface area contributed by atoms with Crippen LogP contribution in [0.15, 0.2) is 48.5 Å². The zero-order chi connectivity index (χ0) is 26.7. The number of carbonyl (C=O) groups excluding carboxylic acids is 2. The first kappa shape index (κ1) is 29.2. The van der Waals surface area contributed by atoms with Crippen LogP contribution in [0.4, 0.5) is 5.69 Å². The average Bonchev–Trinajstić information content (AvgIpc) is 2.84. The van der Waals surface area contributed by atoms with Gasteiger partial charge < -0.3 is 15.0 Å². The highest BCUT2D eigenvalue weighted by Gasteiger charge is 2.31. The minimum Gasteiger partial charge on any atom is -0.494 e. The van der Waals surface area contributed by atoms with Crippen molar-refractivity contribution in [2.24, 2.45) is 0 Å². The average molecular weight is 518 g/mol. The fraction of sp³-hybridized carbons (Fsp3) is 0.481. The molecular formula is C27H39N3O5S. The summed E-state index contributed by atoms with van der Waals surface area (Å²) >= 11 is 0. The molecule has 198 valence electrons. The number of carbonyl (C=O) groups is 2. The number of hydrogen-bond donors (Lipinski definition) is 1. The Morgan fingerprint density at radius 2 is 1.64 bits per heavy atom. The summed E-state index contributed by atoms with van der Waals surface area (Å²) in [5.41, 5.74) is 2.30. The predicted molar refractivity (Wildman–Crippen MR) is 144 cm³/mol. The molecule has 0 aliphatic rings. The molecular weight excluding hydrogens is 478 g/mol. The van der Waals surface area contributed by atoms with Gasteiger partial charge in [0.15, 0.2) is 0 Å². The highest BCUT2D eigenvalue weighted by atomic mass is 32.2. The number of ether oxygens (including phenoxy) is 1. The number of aryl methyl sites for hydroxylation is 1. The van der Waals surface area contributed by atoms with Crippen molar-refractivity contribution in [3.63, 3.8) is 0 Å². The minimum absolute atomic E-state index is 0.194. The summed E-state index contributed by atoms with van der Waals surface area (Å²) in [6.07, 6.45) is 3.25. The van der Waals surface area contributed by atoms with Gasteiger partial charge in [-0.3, -0.25) is 13.9 Å². The monoisotopic (exact) mass is 517 g/mol. The van der Waals surface area contributed by atoms with E-state index in [0.29, 0.717) is 31.0 Å². The Labute approximate surface area is 215 Å². The lowest BCUT2D eigenvalue weighted by atomic mass is 10.1. The van der Waals surface area contributed by atoms with Crippen molar-refractivity contribution in [1.29, 1.82) is 0 Å². The first-order valence-electron chi connectivity index (χ1n) is 12.4. The van der Waals surface area contributed by atoms with Crippen LogP contribution in [0.5, 0.6) is 5.75 Å². The minimum atomic E-state index is -3.78. The second kappa shape index (κ2) is 13.9. The summed E-state index contributed by atoms with van der Waals surface area (Å²) in [7, 11) is -3.78. The Morgan fingerprint density at radius 1 is 1.00 bits per heavy atom. The standard InChI is InChI=1S/C27H39N3O5S/c1-6-9-18-28-27(32)25(7-2)29(19-22-12-10-21(4)11-13-22)26(31)20-30(36(5,33)34)23-14-16-24(17-15-23)35-8-3/h10-17,25H,6-9,18-20H2,1-5H3,(H,28,32)/t25-/m0/s1. The van der Waals surface area contributed by atoms with Gasteiger partial charge >= 0.3 is 0 Å². The fourth-order valence-corrected chi connectivity index (χ4v) is 4.65. The second-order valence-electron chi connectivity index (χ2n) is 8.77. The topological polar surface area (TPSA) is 96.0 Å². The van der Waals surface area contributed by atoms with E-state index in [2.05, 4.69) is 5.32 Å². The molecule has 0 aliphatic carbocycles. The number of nitrogens with one attached hydrogen (secondary N) is 1. The fourth-order valence-electron chi connectivity index (χ4n) is 3.80. The smallest absolute Gasteiger partial charge is 0.244 e. The first-order valence-corrected chi connectivity index (χ1v) is 14.3. The molecule has 0 fully saturated rings. The van der Waals surface area contributed by atoms with E-state index in [1.54, 1.807) is 24.3 Å². The second-order valence-corrected chi connectivity index (χ2v) is 10.7. The maximum absolute atomic E-state index is 13.7. The Kier molecular flexibility index (Phi) is 11.2. The van der Waals surface area contributed by atoms with Gasteiger partial charge in [0.1, 0.15) is 18.3 Å². The lowest BCUT2D eigenvalue weighted by Gasteiger charge is -2.33. The molecule has 8 nitrogen and oxygen atoms in total. The maximum atomic E-state index is 13.7. The number of anilines is 1. The Balaban J connectivity index is 2.37. The van der Waals surface area contributed by atoms with E-state index < -0.39 is 28.5 Å². The number of benzene rings is 2. The number of unbranched alkanes of at least 4 members (excludes halogenated alkanes) is 1. The maximum Gasteiger partial charge on any atom is 0.244 e. The lowest BCUT2D eigenvalue weighted by molar-refractivity contribution is -0.140. The lowest BCUT2D eigenvalue weighted by Crippen LogP contribution is -2.52. The molecule has 2 rings (SSSR count). The number of amides is 2. The van der Waals surface area contributed by atoms with Crippen LogP contribution in [0.25, 0.3) is 0 Å². The van der Waals surface area contributed by atoms with Crippen LogP contribution in [0.2, 0.25) is 0 Å². The van der Waals surface area contributed by atoms with Crippen molar-refractivity contribution >= 4 is 27.5 Å². The zero-order valence-corrected chi connectivity index (χ0v) is 22.8. The molecule has 2 aromatic carbocycles. The molecule has 0 heterocycles. The van der Waals surface area contributed by atoms with E-state index in [4.69, 9.17) is 4.74 Å². The van der Waals surface area contributed by atoms with Crippen LogP contribution in [-0.4, -0.2) is 57.1 Å². The number of rotatable bonds is 14. The van der Waals surface area contributed by atoms with Gasteiger partial charge in [0.2, 0.25) is 21.8 Å². The van der Waals surface area contributed by atoms with Gasteiger partial charge in [-0.15, -0.1) is 0 Å². The van der Waals surface area contributed by atoms with Gasteiger partial charge in [-0.2, -0.15) is 0 Å². The zero-order valence-electron chi connectivity index (χ0n) is 22.0. The van der Waals surface area contributed by atoms with E-state index in [0.717, 1.165) is 34.5 Å². The third-order valence-electron chi connectivity index (χ3n) is 5.80. The van der Waals surface area contributed by atoms with Crippen LogP contribution in [-0.2, 0) is 26.2 Å². The van der Waals surface area contributed by atoms with Gasteiger partial charge in [0.05, 0.1) is 18.6 Å². The largest absolute Gasteiger partial charge is 0.494 e. The summed E-state index contributed by atoms with van der Waals surface area (Å²) in [4.78, 5) is 28.2. The van der Waals surface area contributed by atoms with Crippen LogP contribution in [0.1, 0.15) is 51.2 Å². The third-order valence-corrected chi connectivity index (χ3v) is 6.94. The highest BCUT2D eigenvalue weighted by Crippen LogP contribution is 2.23. The van der Waals surface area contributed by atoms with Gasteiger partial charge in [-0.05, 0) is 56.5 Å². The van der Waals surface area contributed by atoms with Crippen molar-refractivity contribution in [1.82, 2.24) is 10.2 Å². The van der Waals surface area contributed by atoms with Crippen LogP contribution in [0, 0.1) is 6.92 Å². The Bertz CT molecular complexity index is 1090. The molecule has 0 unspecified atom stereocenters. The van der Waals surface area contributed by atoms with Gasteiger partial charge in [0.25, 0.3) is 0 Å². The molecule has 0 aliphatic heterocycles. The van der Waals surface area contributed by atoms with Crippen LogP contribution < -0.4 is 14.4 Å². The highest BCUT2D eigenvalue weighted by molar-refractivity contribution is 7.92. The molecule has 1 atom stereocenters. The van der Waals surface area contributed by atoms with Gasteiger partial charge in [-0.25, -0.2) is 8.42 Å². The van der Waals surface area contributed by atoms with E-state index in [1.807, 2.05) is 52.0 Å². The molecule has 0 bridgehead atoms. The van der Waals surface area contributed by atoms with Crippen molar-refractivity contribution in [2.75, 3.05) is 30.3 Å². The predicted octanol–water partition coefficient (Wildman–Crippen LogP) is 3.88. The SMILES string of the molecule is CCCCNC(=O)[C@H](CC)N(Cc1ccc(C)cc1)C(=O)CN(c1ccc(OCC)cc1)S(C)(=O)=O. The van der Waals surface area contributed by atoms with Crippen molar-refractivity contribution in [3.8, 4) is 5.75 Å². The van der Waals surface area contributed by atoms with Gasteiger partial charge in [0, 0.05) is 13.1 Å². The molecule has 1 N–H and O–H groups in total. The molecule has 0 spiro atoms. The summed E-state index contributed by atoms with van der Waals surface area (Å²) in [5.74, 6) is -0.0809. The summed E-state index contributed by atoms with van der Waals surface area (Å²) in [6.45, 7) is 8.51. The molecule has 36 heavy (non-hydrogen) atoms. The van der Waals surface area contributed by atoms with Crippen molar-refractivity contribution < 1.29 is 22.7 Å². The number of nitrogens with zero attached hydrogens (tertiary/aromatic N) is 2. The molecule has 0 radical (unpaired) electrons. The molecule has 2 amide bonds. The van der Waals surface area contributed by atoms with Crippen molar-refractivity contribution in [3.05, 3.63) is 59.7 Å². The number of hydrogen-bond acceptors (Lipinski definition) is 5. The summed E-state index contributed by atoms with van der Waals surface area (Å²) in [5, 5.41) is 2.92. The summed E-state index contributed by atoms with van der Waals surface area (Å²) in [6, 6.07) is 13.6. The van der Waals surface area contributed by atoms with Gasteiger partial charge in [-0.1, -0.05) is 50.1 Å². The van der Waals surface area contributed by atoms with E-state index in [-0.39, 0.29) is 12.5 Å². The first-order chi connectivity index (χ1) is 17.1. The Hall–Kier alpha value is -3.07. The number of sulfonamides is 1. The molecule has 0 saturated carbocycles. The molecule has 2 aromatic rings. The molecule has 9 heteroatoms. The van der Waals surface area contributed by atoms with Crippen LogP contribution in [0.3, 0.4) is 0 Å². The summed E-state index contributed by atoms with van der Waals surface area (Å²) < 4.78 is 31.9. The van der Waals surface area contributed by atoms with E-state index >= 15 is 0 Å². The Morgan fingerprint density at radius 3 is 2.17 bits per heavy atom. The van der Waals surface area contributed by atoms with E-state index in [1.165, 1.54) is 4.90 Å².